The van der Waals surface area contributed by atoms with Gasteiger partial charge in [0.1, 0.15) is 5.75 Å². The van der Waals surface area contributed by atoms with E-state index in [0.29, 0.717) is 38.1 Å². The third kappa shape index (κ3) is 3.80. The molecular weight excluding hydrogens is 420 g/mol. The van der Waals surface area contributed by atoms with Crippen molar-refractivity contribution in [3.8, 4) is 5.75 Å². The summed E-state index contributed by atoms with van der Waals surface area (Å²) in [6, 6.07) is 5.58. The first-order valence-corrected chi connectivity index (χ1v) is 9.60. The second-order valence-corrected chi connectivity index (χ2v) is 8.37. The molecule has 142 valence electrons. The number of carboxylic acid groups (broad SMARTS) is 1. The smallest absolute Gasteiger partial charge is 0.307 e. The van der Waals surface area contributed by atoms with Gasteiger partial charge in [-0.15, -0.1) is 11.3 Å². The summed E-state index contributed by atoms with van der Waals surface area (Å²) in [5, 5.41) is 19.4. The number of fused-ring (bicyclic) bond motifs is 1. The summed E-state index contributed by atoms with van der Waals surface area (Å²) in [6.07, 6.45) is -0.347. The molecule has 1 aromatic carbocycles. The molecule has 0 aliphatic rings. The number of aromatic hydroxyl groups is 1. The Labute approximate surface area is 165 Å². The lowest BCUT2D eigenvalue weighted by atomic mass is 10.1. The van der Waals surface area contributed by atoms with Gasteiger partial charge in [-0.2, -0.15) is 8.78 Å². The van der Waals surface area contributed by atoms with Crippen LogP contribution in [0.25, 0.3) is 10.9 Å². The van der Waals surface area contributed by atoms with E-state index in [4.69, 9.17) is 11.6 Å². The zero-order valence-electron chi connectivity index (χ0n) is 13.7. The summed E-state index contributed by atoms with van der Waals surface area (Å²) in [4.78, 5) is 24.4. The van der Waals surface area contributed by atoms with E-state index in [1.165, 1.54) is 28.8 Å². The van der Waals surface area contributed by atoms with Crippen LogP contribution in [0.15, 0.2) is 28.5 Å². The number of carbonyl (C=O) groups excluding carboxylic acids is 1. The molecule has 0 atom stereocenters. The Hall–Kier alpha value is -2.10. The summed E-state index contributed by atoms with van der Waals surface area (Å²) in [6.45, 7) is 1.59. The van der Waals surface area contributed by atoms with Gasteiger partial charge in [-0.05, 0) is 48.5 Å². The second kappa shape index (κ2) is 7.49. The number of benzene rings is 1. The van der Waals surface area contributed by atoms with Crippen LogP contribution >= 0.6 is 34.7 Å². The predicted molar refractivity (Wildman–Crippen MR) is 101 cm³/mol. The molecule has 2 heterocycles. The number of rotatable bonds is 5. The third-order valence-corrected chi connectivity index (χ3v) is 6.19. The van der Waals surface area contributed by atoms with Crippen molar-refractivity contribution in [2.45, 2.75) is 23.3 Å². The monoisotopic (exact) mass is 431 g/mol. The zero-order valence-corrected chi connectivity index (χ0v) is 16.1. The van der Waals surface area contributed by atoms with Crippen molar-refractivity contribution < 1.29 is 28.6 Å². The molecule has 0 unspecified atom stereocenters. The van der Waals surface area contributed by atoms with E-state index in [-0.39, 0.29) is 22.1 Å². The van der Waals surface area contributed by atoms with Crippen LogP contribution < -0.4 is 0 Å². The van der Waals surface area contributed by atoms with Crippen LogP contribution in [0, 0.1) is 6.92 Å². The highest BCUT2D eigenvalue weighted by Crippen LogP contribution is 2.36. The van der Waals surface area contributed by atoms with Gasteiger partial charge in [0.2, 0.25) is 0 Å². The van der Waals surface area contributed by atoms with Crippen molar-refractivity contribution in [2.75, 3.05) is 0 Å². The lowest BCUT2D eigenvalue weighted by molar-refractivity contribution is -0.136. The molecule has 0 spiro atoms. The van der Waals surface area contributed by atoms with Gasteiger partial charge in [-0.25, -0.2) is 0 Å². The quantitative estimate of drug-likeness (QED) is 0.556. The van der Waals surface area contributed by atoms with Gasteiger partial charge in [0.05, 0.1) is 26.0 Å². The summed E-state index contributed by atoms with van der Waals surface area (Å²) in [5.74, 6) is -4.40. The summed E-state index contributed by atoms with van der Waals surface area (Å²) in [5.41, 5.74) is 1.10. The maximum Gasteiger partial charge on any atom is 0.307 e. The van der Waals surface area contributed by atoms with Crippen molar-refractivity contribution in [1.82, 2.24) is 4.57 Å². The molecule has 0 aliphatic carbocycles. The fourth-order valence-electron chi connectivity index (χ4n) is 2.82. The Morgan fingerprint density at radius 3 is 2.67 bits per heavy atom. The highest BCUT2D eigenvalue weighted by atomic mass is 35.5. The minimum atomic E-state index is -2.59. The maximum absolute atomic E-state index is 13.0. The fraction of sp³-hybridized carbons (Fsp3) is 0.176. The number of hydrogen-bond acceptors (Lipinski definition) is 5. The number of alkyl halides is 2. The number of thiophene rings is 1. The topological polar surface area (TPSA) is 79.5 Å². The van der Waals surface area contributed by atoms with Crippen LogP contribution in [0.4, 0.5) is 8.78 Å². The van der Waals surface area contributed by atoms with E-state index in [0.717, 1.165) is 11.3 Å². The van der Waals surface area contributed by atoms with Gasteiger partial charge in [0, 0.05) is 11.1 Å². The Kier molecular flexibility index (Phi) is 5.45. The number of carboxylic acids is 1. The Morgan fingerprint density at radius 2 is 2.04 bits per heavy atom. The average molecular weight is 432 g/mol. The molecule has 3 aromatic rings. The number of thioether (sulfide) groups is 1. The number of halogens is 3. The molecule has 27 heavy (non-hydrogen) atoms. The van der Waals surface area contributed by atoms with Crippen LogP contribution in [0.2, 0.25) is 5.02 Å². The van der Waals surface area contributed by atoms with Gasteiger partial charge < -0.3 is 10.2 Å². The zero-order chi connectivity index (χ0) is 19.9. The highest BCUT2D eigenvalue weighted by molar-refractivity contribution is 8.01. The van der Waals surface area contributed by atoms with E-state index < -0.39 is 17.6 Å². The van der Waals surface area contributed by atoms with Gasteiger partial charge in [0.15, 0.2) is 0 Å². The first-order valence-electron chi connectivity index (χ1n) is 7.52. The number of carbonyl (C=O) groups is 2. The number of phenols is 1. The molecule has 2 N–H and O–H groups in total. The van der Waals surface area contributed by atoms with Crippen LogP contribution in [0.1, 0.15) is 20.9 Å². The Morgan fingerprint density at radius 1 is 1.33 bits per heavy atom. The molecule has 2 aromatic heterocycles. The average Bonchev–Trinajstić information content (AvgIpc) is 3.11. The summed E-state index contributed by atoms with van der Waals surface area (Å²) in [7, 11) is 0. The molecule has 0 saturated heterocycles. The Balaban J connectivity index is 2.16. The van der Waals surface area contributed by atoms with E-state index in [9.17, 15) is 28.6 Å². The van der Waals surface area contributed by atoms with Gasteiger partial charge in [0.25, 0.3) is 11.7 Å². The molecule has 0 saturated carbocycles. The first kappa shape index (κ1) is 19.7. The van der Waals surface area contributed by atoms with Crippen LogP contribution in [0.3, 0.4) is 0 Å². The van der Waals surface area contributed by atoms with Crippen LogP contribution in [0.5, 0.6) is 5.75 Å². The fourth-order valence-corrected chi connectivity index (χ4v) is 4.65. The van der Waals surface area contributed by atoms with Crippen molar-refractivity contribution in [2.24, 2.45) is 0 Å². The van der Waals surface area contributed by atoms with Crippen LogP contribution in [-0.4, -0.2) is 32.4 Å². The number of aromatic nitrogens is 1. The minimum absolute atomic E-state index is 0.0102. The molecule has 0 amide bonds. The van der Waals surface area contributed by atoms with E-state index >= 15 is 0 Å². The standard InChI is InChI=1S/C17H12ClF2NO4S2/c1-7-8(5-14(23)24)9-4-12(22)10(18)6-11(9)21(7)16(25)13-2-3-15(26-13)27-17(19)20/h2-4,6,17,22H,5H2,1H3,(H,23,24). The first-order chi connectivity index (χ1) is 12.7. The SMILES string of the molecule is Cc1c(CC(=O)O)c2cc(O)c(Cl)cc2n1C(=O)c1ccc(SC(F)F)s1. The lowest BCUT2D eigenvalue weighted by Crippen LogP contribution is -2.12. The van der Waals surface area contributed by atoms with Crippen molar-refractivity contribution in [3.05, 3.63) is 45.4 Å². The highest BCUT2D eigenvalue weighted by Gasteiger charge is 2.24. The molecular formula is C17H12ClF2NO4S2. The molecule has 5 nitrogen and oxygen atoms in total. The van der Waals surface area contributed by atoms with Crippen LogP contribution in [-0.2, 0) is 11.2 Å². The number of nitrogens with zero attached hydrogens (tertiary/aromatic N) is 1. The molecule has 3 rings (SSSR count). The number of hydrogen-bond donors (Lipinski definition) is 2. The number of phenolic OH excluding ortho intramolecular Hbond substituents is 1. The number of aliphatic carboxylic acids is 1. The lowest BCUT2D eigenvalue weighted by Gasteiger charge is -2.06. The molecule has 0 radical (unpaired) electrons. The van der Waals surface area contributed by atoms with Gasteiger partial charge >= 0.3 is 5.97 Å². The summed E-state index contributed by atoms with van der Waals surface area (Å²) >= 11 is 7.24. The van der Waals surface area contributed by atoms with E-state index in [2.05, 4.69) is 0 Å². The van der Waals surface area contributed by atoms with E-state index in [1.807, 2.05) is 0 Å². The van der Waals surface area contributed by atoms with Crippen molar-refractivity contribution in [1.29, 1.82) is 0 Å². The molecule has 0 fully saturated rings. The van der Waals surface area contributed by atoms with Crippen molar-refractivity contribution in [3.63, 3.8) is 0 Å². The second-order valence-electron chi connectivity index (χ2n) is 5.59. The summed E-state index contributed by atoms with van der Waals surface area (Å²) < 4.78 is 26.6. The Bertz CT molecular complexity index is 1060. The molecule has 0 bridgehead atoms. The maximum atomic E-state index is 13.0. The molecule has 0 aliphatic heterocycles. The third-order valence-electron chi connectivity index (χ3n) is 3.93. The van der Waals surface area contributed by atoms with Gasteiger partial charge in [-0.1, -0.05) is 11.6 Å². The van der Waals surface area contributed by atoms with E-state index in [1.54, 1.807) is 6.92 Å². The van der Waals surface area contributed by atoms with Crippen molar-refractivity contribution >= 4 is 57.5 Å². The molecule has 10 heteroatoms. The van der Waals surface area contributed by atoms with Gasteiger partial charge in [-0.3, -0.25) is 14.2 Å². The normalized spacial score (nSPS) is 11.4. The predicted octanol–water partition coefficient (Wildman–Crippen LogP) is 5.00. The largest absolute Gasteiger partial charge is 0.506 e. The minimum Gasteiger partial charge on any atom is -0.506 e.